The highest BCUT2D eigenvalue weighted by molar-refractivity contribution is 8.03. The van der Waals surface area contributed by atoms with Gasteiger partial charge in [-0.05, 0) is 55.7 Å². The minimum absolute atomic E-state index is 0.124. The van der Waals surface area contributed by atoms with Crippen LogP contribution >= 0.6 is 11.8 Å². The Balaban J connectivity index is 1.66. The van der Waals surface area contributed by atoms with Crippen molar-refractivity contribution in [3.63, 3.8) is 0 Å². The molecule has 5 nitrogen and oxygen atoms in total. The van der Waals surface area contributed by atoms with Crippen molar-refractivity contribution in [3.8, 4) is 5.75 Å². The number of nitrogens with zero attached hydrogens (tertiary/aromatic N) is 2. The molecule has 3 rings (SSSR count). The van der Waals surface area contributed by atoms with Crippen LogP contribution in [0.5, 0.6) is 5.75 Å². The molecule has 0 bridgehead atoms. The van der Waals surface area contributed by atoms with Gasteiger partial charge in [0, 0.05) is 25.0 Å². The largest absolute Gasteiger partial charge is 0.494 e. The lowest BCUT2D eigenvalue weighted by Crippen LogP contribution is -2.28. The number of allylic oxidation sites excluding steroid dienone is 4. The lowest BCUT2D eigenvalue weighted by molar-refractivity contribution is -0.112. The maximum absolute atomic E-state index is 13.1. The van der Waals surface area contributed by atoms with Gasteiger partial charge < -0.3 is 14.4 Å². The summed E-state index contributed by atoms with van der Waals surface area (Å²) in [6.07, 6.45) is 16.2. The summed E-state index contributed by atoms with van der Waals surface area (Å²) in [5.74, 6) is 0.717. The van der Waals surface area contributed by atoms with E-state index >= 15 is 0 Å². The van der Waals surface area contributed by atoms with Gasteiger partial charge in [0.1, 0.15) is 11.4 Å². The van der Waals surface area contributed by atoms with Gasteiger partial charge in [-0.3, -0.25) is 4.79 Å². The van der Waals surface area contributed by atoms with E-state index in [-0.39, 0.29) is 5.78 Å². The number of imidazole rings is 1. The van der Waals surface area contributed by atoms with Crippen molar-refractivity contribution in [2.75, 3.05) is 6.61 Å². The monoisotopic (exact) mass is 452 g/mol. The van der Waals surface area contributed by atoms with E-state index in [1.54, 1.807) is 18.3 Å². The number of unbranched alkanes of at least 4 members (excludes halogenated alkanes) is 3. The number of ether oxygens (including phenoxy) is 1. The van der Waals surface area contributed by atoms with Gasteiger partial charge in [0.2, 0.25) is 0 Å². The molecular weight excluding hydrogens is 420 g/mol. The van der Waals surface area contributed by atoms with Crippen molar-refractivity contribution < 1.29 is 14.6 Å². The lowest BCUT2D eigenvalue weighted by Gasteiger charge is -2.22. The molecule has 1 aliphatic rings. The van der Waals surface area contributed by atoms with Crippen molar-refractivity contribution in [1.82, 2.24) is 9.55 Å². The number of carbonyl (C=O) groups is 1. The second kappa shape index (κ2) is 11.9. The first-order chi connectivity index (χ1) is 15.5. The molecule has 0 radical (unpaired) electrons. The van der Waals surface area contributed by atoms with Crippen molar-refractivity contribution in [1.29, 1.82) is 0 Å². The summed E-state index contributed by atoms with van der Waals surface area (Å²) in [4.78, 5) is 18.0. The van der Waals surface area contributed by atoms with Crippen LogP contribution < -0.4 is 4.74 Å². The number of ketones is 1. The fourth-order valence-electron chi connectivity index (χ4n) is 3.53. The van der Waals surface area contributed by atoms with E-state index in [4.69, 9.17) is 4.74 Å². The predicted molar refractivity (Wildman–Crippen MR) is 130 cm³/mol. The summed E-state index contributed by atoms with van der Waals surface area (Å²) < 4.78 is 7.62. The first-order valence-electron chi connectivity index (χ1n) is 11.2. The highest BCUT2D eigenvalue weighted by Crippen LogP contribution is 2.41. The highest BCUT2D eigenvalue weighted by Gasteiger charge is 2.41. The average molecular weight is 453 g/mol. The van der Waals surface area contributed by atoms with Crippen LogP contribution in [0.25, 0.3) is 0 Å². The number of aromatic nitrogens is 2. The molecule has 0 amide bonds. The fourth-order valence-corrected chi connectivity index (χ4v) is 4.50. The molecule has 1 aromatic heterocycles. The summed E-state index contributed by atoms with van der Waals surface area (Å²) in [6, 6.07) is 9.70. The first-order valence-corrected chi connectivity index (χ1v) is 12.1. The fraction of sp³-hybridized carbons (Fsp3) is 0.385. The van der Waals surface area contributed by atoms with E-state index in [9.17, 15) is 9.90 Å². The van der Waals surface area contributed by atoms with E-state index in [1.807, 2.05) is 54.2 Å². The number of benzene rings is 1. The van der Waals surface area contributed by atoms with Gasteiger partial charge in [-0.2, -0.15) is 0 Å². The summed E-state index contributed by atoms with van der Waals surface area (Å²) >= 11 is 1.30. The molecule has 170 valence electrons. The maximum Gasteiger partial charge on any atom is 0.198 e. The van der Waals surface area contributed by atoms with Crippen molar-refractivity contribution in [3.05, 3.63) is 77.5 Å². The van der Waals surface area contributed by atoms with Gasteiger partial charge in [-0.15, -0.1) is 0 Å². The molecule has 1 aliphatic carbocycles. The highest BCUT2D eigenvalue weighted by atomic mass is 32.2. The molecule has 1 N–H and O–H groups in total. The summed E-state index contributed by atoms with van der Waals surface area (Å²) in [7, 11) is 1.89. The zero-order valence-corrected chi connectivity index (χ0v) is 19.7. The molecule has 1 unspecified atom stereocenters. The zero-order valence-electron chi connectivity index (χ0n) is 18.9. The number of hydrogen-bond donors (Lipinski definition) is 1. The molecule has 6 heteroatoms. The lowest BCUT2D eigenvalue weighted by atomic mass is 9.90. The number of Topliss-reactive ketones (excluding diaryl/α,β-unsaturated/α-hetero) is 1. The summed E-state index contributed by atoms with van der Waals surface area (Å²) in [5.41, 5.74) is -0.835. The molecule has 1 atom stereocenters. The van der Waals surface area contributed by atoms with Gasteiger partial charge in [0.15, 0.2) is 10.9 Å². The molecule has 0 saturated heterocycles. The third-order valence-electron chi connectivity index (χ3n) is 5.37. The Hall–Kier alpha value is -2.57. The second-order valence-electron chi connectivity index (χ2n) is 7.95. The molecule has 1 heterocycles. The van der Waals surface area contributed by atoms with Crippen LogP contribution in [-0.2, 0) is 11.8 Å². The minimum atomic E-state index is -1.27. The average Bonchev–Trinajstić information content (AvgIpc) is 3.29. The molecule has 0 spiro atoms. The number of hydrogen-bond acceptors (Lipinski definition) is 5. The summed E-state index contributed by atoms with van der Waals surface area (Å²) in [6.45, 7) is 2.72. The van der Waals surface area contributed by atoms with E-state index < -0.39 is 5.60 Å². The number of thioether (sulfide) groups is 1. The van der Waals surface area contributed by atoms with Crippen molar-refractivity contribution >= 4 is 17.5 Å². The van der Waals surface area contributed by atoms with Crippen LogP contribution in [0.15, 0.2) is 82.7 Å². The third-order valence-corrected chi connectivity index (χ3v) is 6.47. The van der Waals surface area contributed by atoms with E-state index in [0.29, 0.717) is 23.5 Å². The Morgan fingerprint density at radius 3 is 2.75 bits per heavy atom. The number of aryl methyl sites for hydroxylation is 1. The van der Waals surface area contributed by atoms with E-state index in [2.05, 4.69) is 18.0 Å². The van der Waals surface area contributed by atoms with Crippen LogP contribution in [0, 0.1) is 0 Å². The van der Waals surface area contributed by atoms with Crippen LogP contribution in [-0.4, -0.2) is 32.6 Å². The quantitative estimate of drug-likeness (QED) is 0.334. The predicted octanol–water partition coefficient (Wildman–Crippen LogP) is 5.63. The standard InChI is InChI=1S/C26H32N2O3S/c1-3-4-5-6-10-15-22-24(29)23(32-25-27-17-18-28(25)2)20-26(22,30)16-11-12-19-31-21-13-8-7-9-14-21/h6-10,13-15,17-18,20,30H,3-5,11-12,16,19H2,1-2H3/b10-6-,22-15+. The number of rotatable bonds is 12. The van der Waals surface area contributed by atoms with Gasteiger partial charge in [-0.25, -0.2) is 4.98 Å². The molecule has 32 heavy (non-hydrogen) atoms. The summed E-state index contributed by atoms with van der Waals surface area (Å²) in [5, 5.41) is 12.2. The Labute approximate surface area is 194 Å². The van der Waals surface area contributed by atoms with Crippen LogP contribution in [0.4, 0.5) is 0 Å². The number of carbonyl (C=O) groups excluding carboxylic acids is 1. The van der Waals surface area contributed by atoms with Crippen LogP contribution in [0.3, 0.4) is 0 Å². The molecule has 1 aromatic carbocycles. The molecule has 0 aliphatic heterocycles. The minimum Gasteiger partial charge on any atom is -0.494 e. The van der Waals surface area contributed by atoms with Gasteiger partial charge in [0.05, 0.1) is 11.5 Å². The first kappa shape index (κ1) is 24.1. The Bertz CT molecular complexity index is 978. The van der Waals surface area contributed by atoms with Crippen LogP contribution in [0.2, 0.25) is 0 Å². The Kier molecular flexibility index (Phi) is 8.94. The number of para-hydroxylation sites is 1. The van der Waals surface area contributed by atoms with Gasteiger partial charge >= 0.3 is 0 Å². The van der Waals surface area contributed by atoms with E-state index in [0.717, 1.165) is 43.0 Å². The zero-order chi connectivity index (χ0) is 22.8. The van der Waals surface area contributed by atoms with E-state index in [1.165, 1.54) is 11.8 Å². The van der Waals surface area contributed by atoms with Gasteiger partial charge in [-0.1, -0.05) is 56.2 Å². The topological polar surface area (TPSA) is 64.4 Å². The molecule has 0 saturated carbocycles. The molecular formula is C26H32N2O3S. The molecule has 0 fully saturated rings. The van der Waals surface area contributed by atoms with Crippen molar-refractivity contribution in [2.24, 2.45) is 7.05 Å². The van der Waals surface area contributed by atoms with Crippen LogP contribution in [0.1, 0.15) is 45.4 Å². The third kappa shape index (κ3) is 6.47. The van der Waals surface area contributed by atoms with Gasteiger partial charge in [0.25, 0.3) is 0 Å². The molecule has 2 aromatic rings. The van der Waals surface area contributed by atoms with Crippen molar-refractivity contribution in [2.45, 2.75) is 56.2 Å². The maximum atomic E-state index is 13.1. The smallest absolute Gasteiger partial charge is 0.198 e. The Morgan fingerprint density at radius 1 is 1.22 bits per heavy atom. The number of aliphatic hydroxyl groups is 1. The second-order valence-corrected chi connectivity index (χ2v) is 8.96. The normalized spacial score (nSPS) is 19.8. The SMILES string of the molecule is CCCC/C=C\C=C1/C(=O)C(Sc2nccn2C)=CC1(O)CCCCOc1ccccc1. The Morgan fingerprint density at radius 2 is 2.03 bits per heavy atom.